The normalized spacial score (nSPS) is 14.3. The highest BCUT2D eigenvalue weighted by atomic mass is 16.3. The van der Waals surface area contributed by atoms with Crippen molar-refractivity contribution in [2.75, 3.05) is 36.4 Å². The van der Waals surface area contributed by atoms with Crippen LogP contribution in [-0.4, -0.2) is 47.9 Å². The highest BCUT2D eigenvalue weighted by Gasteiger charge is 2.21. The summed E-state index contributed by atoms with van der Waals surface area (Å²) >= 11 is 0. The number of amides is 2. The molecule has 0 radical (unpaired) electrons. The first-order valence-electron chi connectivity index (χ1n) is 9.01. The number of nitrogens with zero attached hydrogens (tertiary/aromatic N) is 3. The molecule has 1 fully saturated rings. The van der Waals surface area contributed by atoms with Crippen molar-refractivity contribution in [3.63, 3.8) is 0 Å². The lowest BCUT2D eigenvalue weighted by Gasteiger charge is -2.35. The van der Waals surface area contributed by atoms with Gasteiger partial charge in [0.1, 0.15) is 5.82 Å². The second-order valence-corrected chi connectivity index (χ2v) is 6.31. The summed E-state index contributed by atoms with van der Waals surface area (Å²) in [4.78, 5) is 32.6. The molecule has 7 nitrogen and oxygen atoms in total. The Bertz CT molecular complexity index is 720. The standard InChI is InChI=1S/C19H24N4O3/c1-2-3-6-18(24)23-11-9-22(10-12-23)17-8-7-15(14-20-17)21-19(25)16-5-4-13-26-16/h4-5,7-8,13-14H,2-3,6,9-12H2,1H3,(H,21,25). The Balaban J connectivity index is 1.51. The molecule has 0 aliphatic carbocycles. The van der Waals surface area contributed by atoms with Crippen LogP contribution in [0.5, 0.6) is 0 Å². The summed E-state index contributed by atoms with van der Waals surface area (Å²) in [6.07, 6.45) is 5.72. The van der Waals surface area contributed by atoms with E-state index in [9.17, 15) is 9.59 Å². The number of anilines is 2. The average molecular weight is 356 g/mol. The van der Waals surface area contributed by atoms with Crippen molar-refractivity contribution in [3.8, 4) is 0 Å². The van der Waals surface area contributed by atoms with E-state index in [0.29, 0.717) is 12.1 Å². The summed E-state index contributed by atoms with van der Waals surface area (Å²) in [6.45, 7) is 5.08. The SMILES string of the molecule is CCCCC(=O)N1CCN(c2ccc(NC(=O)c3ccco3)cn2)CC1. The van der Waals surface area contributed by atoms with Crippen molar-refractivity contribution in [1.29, 1.82) is 0 Å². The summed E-state index contributed by atoms with van der Waals surface area (Å²) in [5.41, 5.74) is 0.614. The minimum atomic E-state index is -0.302. The number of hydrogen-bond donors (Lipinski definition) is 1. The van der Waals surface area contributed by atoms with Crippen LogP contribution in [0.3, 0.4) is 0 Å². The van der Waals surface area contributed by atoms with Crippen molar-refractivity contribution in [2.24, 2.45) is 0 Å². The fourth-order valence-corrected chi connectivity index (χ4v) is 2.92. The van der Waals surface area contributed by atoms with Gasteiger partial charge in [0, 0.05) is 32.6 Å². The monoisotopic (exact) mass is 356 g/mol. The molecule has 3 heterocycles. The van der Waals surface area contributed by atoms with Crippen LogP contribution < -0.4 is 10.2 Å². The van der Waals surface area contributed by atoms with E-state index in [4.69, 9.17) is 4.42 Å². The first-order chi connectivity index (χ1) is 12.7. The van der Waals surface area contributed by atoms with E-state index in [0.717, 1.165) is 44.8 Å². The van der Waals surface area contributed by atoms with Gasteiger partial charge in [-0.3, -0.25) is 9.59 Å². The van der Waals surface area contributed by atoms with Gasteiger partial charge in [0.2, 0.25) is 5.91 Å². The molecule has 2 aromatic rings. The third-order valence-electron chi connectivity index (χ3n) is 4.45. The van der Waals surface area contributed by atoms with Crippen molar-refractivity contribution in [1.82, 2.24) is 9.88 Å². The number of pyridine rings is 1. The Labute approximate surface area is 153 Å². The second kappa shape index (κ2) is 8.51. The molecule has 1 aliphatic heterocycles. The Kier molecular flexibility index (Phi) is 5.88. The molecule has 0 aromatic carbocycles. The van der Waals surface area contributed by atoms with Crippen LogP contribution >= 0.6 is 0 Å². The molecule has 2 amide bonds. The number of rotatable bonds is 6. The summed E-state index contributed by atoms with van der Waals surface area (Å²) in [5.74, 6) is 1.05. The van der Waals surface area contributed by atoms with E-state index >= 15 is 0 Å². The number of nitrogens with one attached hydrogen (secondary N) is 1. The smallest absolute Gasteiger partial charge is 0.291 e. The molecule has 0 unspecified atom stereocenters. The zero-order chi connectivity index (χ0) is 18.4. The highest BCUT2D eigenvalue weighted by molar-refractivity contribution is 6.02. The molecule has 0 bridgehead atoms. The largest absolute Gasteiger partial charge is 0.459 e. The van der Waals surface area contributed by atoms with E-state index in [1.807, 2.05) is 17.0 Å². The lowest BCUT2D eigenvalue weighted by molar-refractivity contribution is -0.131. The number of unbranched alkanes of at least 4 members (excludes halogenated alkanes) is 1. The van der Waals surface area contributed by atoms with Gasteiger partial charge in [-0.2, -0.15) is 0 Å². The van der Waals surface area contributed by atoms with Gasteiger partial charge in [-0.25, -0.2) is 4.98 Å². The molecule has 2 aromatic heterocycles. The number of hydrogen-bond acceptors (Lipinski definition) is 5. The van der Waals surface area contributed by atoms with Crippen LogP contribution in [0.2, 0.25) is 0 Å². The molecule has 26 heavy (non-hydrogen) atoms. The van der Waals surface area contributed by atoms with E-state index in [1.165, 1.54) is 6.26 Å². The third kappa shape index (κ3) is 4.41. The summed E-state index contributed by atoms with van der Waals surface area (Å²) in [5, 5.41) is 2.75. The quantitative estimate of drug-likeness (QED) is 0.861. The van der Waals surface area contributed by atoms with E-state index in [1.54, 1.807) is 18.3 Å². The van der Waals surface area contributed by atoms with Crippen LogP contribution in [0, 0.1) is 0 Å². The van der Waals surface area contributed by atoms with Crippen LogP contribution in [-0.2, 0) is 4.79 Å². The molecule has 0 atom stereocenters. The third-order valence-corrected chi connectivity index (χ3v) is 4.45. The molecule has 1 N–H and O–H groups in total. The molecule has 0 spiro atoms. The molecular weight excluding hydrogens is 332 g/mol. The molecule has 1 aliphatic rings. The van der Waals surface area contributed by atoms with E-state index in [-0.39, 0.29) is 17.6 Å². The van der Waals surface area contributed by atoms with Crippen LogP contribution in [0.25, 0.3) is 0 Å². The Hall–Kier alpha value is -2.83. The fraction of sp³-hybridized carbons (Fsp3) is 0.421. The Morgan fingerprint density at radius 3 is 2.62 bits per heavy atom. The maximum atomic E-state index is 12.1. The van der Waals surface area contributed by atoms with Crippen molar-refractivity contribution < 1.29 is 14.0 Å². The van der Waals surface area contributed by atoms with E-state index < -0.39 is 0 Å². The van der Waals surface area contributed by atoms with Gasteiger partial charge in [-0.1, -0.05) is 13.3 Å². The van der Waals surface area contributed by atoms with Crippen LogP contribution in [0.1, 0.15) is 36.7 Å². The van der Waals surface area contributed by atoms with Crippen LogP contribution in [0.15, 0.2) is 41.1 Å². The maximum Gasteiger partial charge on any atom is 0.291 e. The average Bonchev–Trinajstić information content (AvgIpc) is 3.22. The lowest BCUT2D eigenvalue weighted by Crippen LogP contribution is -2.49. The molecule has 3 rings (SSSR count). The summed E-state index contributed by atoms with van der Waals surface area (Å²) in [6, 6.07) is 6.98. The highest BCUT2D eigenvalue weighted by Crippen LogP contribution is 2.17. The summed E-state index contributed by atoms with van der Waals surface area (Å²) in [7, 11) is 0. The predicted octanol–water partition coefficient (Wildman–Crippen LogP) is 2.77. The van der Waals surface area contributed by atoms with Crippen molar-refractivity contribution in [3.05, 3.63) is 42.5 Å². The number of piperazine rings is 1. The number of furan rings is 1. The zero-order valence-corrected chi connectivity index (χ0v) is 15.0. The van der Waals surface area contributed by atoms with Gasteiger partial charge in [-0.15, -0.1) is 0 Å². The molecule has 7 heteroatoms. The minimum Gasteiger partial charge on any atom is -0.459 e. The van der Waals surface area contributed by atoms with Gasteiger partial charge in [0.15, 0.2) is 5.76 Å². The maximum absolute atomic E-state index is 12.1. The van der Waals surface area contributed by atoms with Crippen molar-refractivity contribution in [2.45, 2.75) is 26.2 Å². The molecule has 0 saturated carbocycles. The second-order valence-electron chi connectivity index (χ2n) is 6.31. The Morgan fingerprint density at radius 2 is 2.00 bits per heavy atom. The number of carbonyl (C=O) groups is 2. The summed E-state index contributed by atoms with van der Waals surface area (Å²) < 4.78 is 5.07. The topological polar surface area (TPSA) is 78.7 Å². The predicted molar refractivity (Wildman–Crippen MR) is 99.2 cm³/mol. The van der Waals surface area contributed by atoms with E-state index in [2.05, 4.69) is 22.1 Å². The number of carbonyl (C=O) groups excluding carboxylic acids is 2. The number of aromatic nitrogens is 1. The van der Waals surface area contributed by atoms with Gasteiger partial charge in [0.05, 0.1) is 18.1 Å². The fourth-order valence-electron chi connectivity index (χ4n) is 2.92. The van der Waals surface area contributed by atoms with Gasteiger partial charge < -0.3 is 19.5 Å². The Morgan fingerprint density at radius 1 is 1.19 bits per heavy atom. The van der Waals surface area contributed by atoms with Crippen LogP contribution in [0.4, 0.5) is 11.5 Å². The first kappa shape index (κ1) is 18.0. The van der Waals surface area contributed by atoms with Crippen molar-refractivity contribution >= 4 is 23.3 Å². The lowest BCUT2D eigenvalue weighted by atomic mass is 10.2. The van der Waals surface area contributed by atoms with Gasteiger partial charge >= 0.3 is 0 Å². The minimum absolute atomic E-state index is 0.246. The zero-order valence-electron chi connectivity index (χ0n) is 15.0. The molecular formula is C19H24N4O3. The van der Waals surface area contributed by atoms with Gasteiger partial charge in [0.25, 0.3) is 5.91 Å². The molecule has 1 saturated heterocycles. The molecule has 138 valence electrons. The van der Waals surface area contributed by atoms with Gasteiger partial charge in [-0.05, 0) is 30.7 Å². The first-order valence-corrected chi connectivity index (χ1v) is 9.01.